The summed E-state index contributed by atoms with van der Waals surface area (Å²) in [6.45, 7) is 20.1. The number of anilines is 3. The van der Waals surface area contributed by atoms with Gasteiger partial charge in [-0.15, -0.1) is 0 Å². The molecule has 5 aromatic rings. The van der Waals surface area contributed by atoms with Gasteiger partial charge in [0.1, 0.15) is 0 Å². The first-order valence-electron chi connectivity index (χ1n) is 22.8. The van der Waals surface area contributed by atoms with E-state index in [1.54, 1.807) is 22.3 Å². The SMILES string of the molecule is CC1(C)CCC(C)(C)c2c(N(c3cccc4c3C(C)(C)CCC4(C)C)c3c(-c4ccccc4)ccc4c3Sc3ccccc3C43C4CC5CC(C4)CC3C5)cccc21. The van der Waals surface area contributed by atoms with Crippen molar-refractivity contribution >= 4 is 28.8 Å². The van der Waals surface area contributed by atoms with E-state index in [4.69, 9.17) is 0 Å². The number of fused-ring (bicyclic) bond motifs is 4. The molecule has 4 bridgehead atoms. The number of benzene rings is 5. The predicted molar refractivity (Wildman–Crippen MR) is 246 cm³/mol. The van der Waals surface area contributed by atoms with Crippen LogP contribution in [0.5, 0.6) is 0 Å². The zero-order chi connectivity index (χ0) is 40.0. The van der Waals surface area contributed by atoms with Gasteiger partial charge in [-0.25, -0.2) is 0 Å². The highest BCUT2D eigenvalue weighted by Crippen LogP contribution is 2.70. The quantitative estimate of drug-likeness (QED) is 0.179. The van der Waals surface area contributed by atoms with Crippen molar-refractivity contribution in [3.8, 4) is 11.1 Å². The van der Waals surface area contributed by atoms with E-state index in [-0.39, 0.29) is 27.1 Å². The third-order valence-corrected chi connectivity index (χ3v) is 18.2. The van der Waals surface area contributed by atoms with Crippen molar-refractivity contribution in [1.82, 2.24) is 0 Å². The van der Waals surface area contributed by atoms with Crippen LogP contribution in [0.4, 0.5) is 17.1 Å². The Hall–Kier alpha value is -3.75. The van der Waals surface area contributed by atoms with Crippen LogP contribution in [0.3, 0.4) is 0 Å². The molecule has 4 fully saturated rings. The van der Waals surface area contributed by atoms with Gasteiger partial charge < -0.3 is 4.90 Å². The summed E-state index contributed by atoms with van der Waals surface area (Å²) in [4.78, 5) is 5.86. The molecular weight excluding hydrogens is 719 g/mol. The van der Waals surface area contributed by atoms with Crippen LogP contribution in [0.2, 0.25) is 0 Å². The van der Waals surface area contributed by atoms with Crippen molar-refractivity contribution in [3.63, 3.8) is 0 Å². The Morgan fingerprint density at radius 2 is 0.966 bits per heavy atom. The average molecular weight is 782 g/mol. The van der Waals surface area contributed by atoms with Gasteiger partial charge in [-0.05, 0) is 160 Å². The van der Waals surface area contributed by atoms with E-state index in [1.807, 2.05) is 0 Å². The molecule has 1 aliphatic heterocycles. The first-order valence-corrected chi connectivity index (χ1v) is 23.6. The van der Waals surface area contributed by atoms with Crippen molar-refractivity contribution in [2.75, 3.05) is 4.90 Å². The topological polar surface area (TPSA) is 3.24 Å². The smallest absolute Gasteiger partial charge is 0.0682 e. The summed E-state index contributed by atoms with van der Waals surface area (Å²) in [5.41, 5.74) is 16.5. The van der Waals surface area contributed by atoms with Gasteiger partial charge in [-0.1, -0.05) is 152 Å². The molecule has 1 heterocycles. The van der Waals surface area contributed by atoms with E-state index >= 15 is 0 Å². The molecule has 7 aliphatic rings. The van der Waals surface area contributed by atoms with Gasteiger partial charge in [0.25, 0.3) is 0 Å². The highest BCUT2D eigenvalue weighted by Gasteiger charge is 2.61. The van der Waals surface area contributed by atoms with Crippen LogP contribution in [0.1, 0.15) is 147 Å². The van der Waals surface area contributed by atoms with E-state index in [2.05, 4.69) is 175 Å². The molecule has 1 spiro atoms. The lowest BCUT2D eigenvalue weighted by molar-refractivity contribution is -0.0443. The van der Waals surface area contributed by atoms with E-state index in [0.717, 1.165) is 11.8 Å². The van der Waals surface area contributed by atoms with Gasteiger partial charge in [0.2, 0.25) is 0 Å². The molecule has 58 heavy (non-hydrogen) atoms. The van der Waals surface area contributed by atoms with Crippen LogP contribution >= 0.6 is 11.8 Å². The van der Waals surface area contributed by atoms with Crippen molar-refractivity contribution in [2.24, 2.45) is 23.7 Å². The number of nitrogens with zero attached hydrogens (tertiary/aromatic N) is 1. The summed E-state index contributed by atoms with van der Waals surface area (Å²) in [5, 5.41) is 0. The van der Waals surface area contributed by atoms with Crippen molar-refractivity contribution in [3.05, 3.63) is 137 Å². The van der Waals surface area contributed by atoms with Crippen LogP contribution in [0, 0.1) is 23.7 Å². The second kappa shape index (κ2) is 12.6. The summed E-state index contributed by atoms with van der Waals surface area (Å²) >= 11 is 2.09. The molecule has 0 unspecified atom stereocenters. The van der Waals surface area contributed by atoms with E-state index in [1.165, 1.54) is 107 Å². The number of hydrogen-bond acceptors (Lipinski definition) is 2. The zero-order valence-electron chi connectivity index (χ0n) is 36.3. The normalized spacial score (nSPS) is 28.6. The van der Waals surface area contributed by atoms with Crippen molar-refractivity contribution in [1.29, 1.82) is 0 Å². The molecular formula is C56H63NS. The second-order valence-electron chi connectivity index (χ2n) is 22.2. The summed E-state index contributed by atoms with van der Waals surface area (Å²) in [5.74, 6) is 3.20. The highest BCUT2D eigenvalue weighted by atomic mass is 32.2. The number of rotatable bonds is 4. The molecule has 6 aliphatic carbocycles. The highest BCUT2D eigenvalue weighted by molar-refractivity contribution is 7.99. The lowest BCUT2D eigenvalue weighted by atomic mass is 9.42. The molecule has 0 N–H and O–H groups in total. The minimum absolute atomic E-state index is 0.0213. The van der Waals surface area contributed by atoms with E-state index in [9.17, 15) is 0 Å². The molecule has 0 saturated heterocycles. The molecule has 2 heteroatoms. The van der Waals surface area contributed by atoms with Crippen LogP contribution < -0.4 is 4.90 Å². The fourth-order valence-corrected chi connectivity index (χ4v) is 15.5. The third kappa shape index (κ3) is 5.21. The van der Waals surface area contributed by atoms with Gasteiger partial charge in [0, 0.05) is 20.8 Å². The summed E-state index contributed by atoms with van der Waals surface area (Å²) < 4.78 is 0. The molecule has 0 amide bonds. The van der Waals surface area contributed by atoms with Crippen LogP contribution in [0.15, 0.2) is 113 Å². The predicted octanol–water partition coefficient (Wildman–Crippen LogP) is 15.7. The second-order valence-corrected chi connectivity index (χ2v) is 23.3. The molecule has 0 radical (unpaired) electrons. The van der Waals surface area contributed by atoms with Gasteiger partial charge in [0.15, 0.2) is 0 Å². The Morgan fingerprint density at radius 1 is 0.466 bits per heavy atom. The standard InChI is InChI=1S/C56H63NS/c1-52(2)26-28-54(5,6)48-42(52)19-14-21-45(48)57(46-22-15-20-43-49(46)55(7,8)29-27-53(43,3)4)50-40(37-16-10-9-11-17-37)24-25-44-51(50)58-47-23-13-12-18-41(47)56(44)38-31-35-30-36(33-38)34-39(56)32-35/h9-25,35-36,38-39H,26-34H2,1-8H3. The molecule has 1 nitrogen and oxygen atoms in total. The van der Waals surface area contributed by atoms with E-state index in [0.29, 0.717) is 11.8 Å². The maximum absolute atomic E-state index is 2.87. The first kappa shape index (κ1) is 37.3. The molecule has 0 aromatic heterocycles. The fraction of sp³-hybridized carbons (Fsp3) is 0.464. The maximum atomic E-state index is 2.87. The monoisotopic (exact) mass is 781 g/mol. The molecule has 12 rings (SSSR count). The third-order valence-electron chi connectivity index (χ3n) is 17.0. The Labute approximate surface area is 353 Å². The van der Waals surface area contributed by atoms with Gasteiger partial charge >= 0.3 is 0 Å². The molecule has 4 saturated carbocycles. The van der Waals surface area contributed by atoms with Gasteiger partial charge in [-0.2, -0.15) is 0 Å². The Kier molecular flexibility index (Phi) is 8.12. The number of hydrogen-bond donors (Lipinski definition) is 0. The minimum Gasteiger partial charge on any atom is -0.308 e. The summed E-state index contributed by atoms with van der Waals surface area (Å²) in [6, 6.07) is 41.1. The van der Waals surface area contributed by atoms with Crippen molar-refractivity contribution < 1.29 is 0 Å². The van der Waals surface area contributed by atoms with Gasteiger partial charge in [0.05, 0.1) is 17.1 Å². The average Bonchev–Trinajstić information content (AvgIpc) is 3.20. The molecule has 5 aromatic carbocycles. The Bertz CT molecular complexity index is 2350. The zero-order valence-corrected chi connectivity index (χ0v) is 37.2. The largest absolute Gasteiger partial charge is 0.308 e. The van der Waals surface area contributed by atoms with Gasteiger partial charge in [-0.3, -0.25) is 0 Å². The summed E-state index contributed by atoms with van der Waals surface area (Å²) in [7, 11) is 0. The maximum Gasteiger partial charge on any atom is 0.0682 e. The molecule has 298 valence electrons. The fourth-order valence-electron chi connectivity index (χ4n) is 14.2. The van der Waals surface area contributed by atoms with E-state index < -0.39 is 0 Å². The lowest BCUT2D eigenvalue weighted by Crippen LogP contribution is -2.57. The van der Waals surface area contributed by atoms with Crippen LogP contribution in [0.25, 0.3) is 11.1 Å². The van der Waals surface area contributed by atoms with Crippen LogP contribution in [-0.4, -0.2) is 0 Å². The molecule has 0 atom stereocenters. The van der Waals surface area contributed by atoms with Crippen LogP contribution in [-0.2, 0) is 27.1 Å². The minimum atomic E-state index is 0.0213. The van der Waals surface area contributed by atoms with Crippen molar-refractivity contribution in [2.45, 2.75) is 150 Å². The first-order chi connectivity index (χ1) is 27.7. The summed E-state index contributed by atoms with van der Waals surface area (Å²) in [6.07, 6.45) is 11.8. The lowest BCUT2D eigenvalue weighted by Gasteiger charge is -2.63. The Morgan fingerprint density at radius 3 is 1.53 bits per heavy atom. The Balaban J connectivity index is 1.30.